The first-order valence-corrected chi connectivity index (χ1v) is 8.38. The first-order valence-electron chi connectivity index (χ1n) is 7.59. The molecule has 0 spiro atoms. The van der Waals surface area contributed by atoms with Gasteiger partial charge in [0, 0.05) is 33.8 Å². The van der Waals surface area contributed by atoms with Gasteiger partial charge in [-0.25, -0.2) is 0 Å². The third kappa shape index (κ3) is 2.74. The maximum Gasteiger partial charge on any atom is 0.315 e. The third-order valence-electron chi connectivity index (χ3n) is 4.48. The van der Waals surface area contributed by atoms with E-state index in [0.29, 0.717) is 17.7 Å². The van der Waals surface area contributed by atoms with Crippen LogP contribution in [0.4, 0.5) is 0 Å². The van der Waals surface area contributed by atoms with Gasteiger partial charge in [-0.05, 0) is 24.5 Å². The first kappa shape index (κ1) is 16.0. The highest BCUT2D eigenvalue weighted by Gasteiger charge is 2.44. The van der Waals surface area contributed by atoms with Crippen molar-refractivity contribution in [3.05, 3.63) is 57.8 Å². The lowest BCUT2D eigenvalue weighted by molar-refractivity contribution is -0.144. The number of ether oxygens (including phenoxy) is 1. The van der Waals surface area contributed by atoms with Crippen molar-refractivity contribution in [2.45, 2.75) is 25.2 Å². The zero-order valence-electron chi connectivity index (χ0n) is 12.9. The summed E-state index contributed by atoms with van der Waals surface area (Å²) in [5.41, 5.74) is 3.09. The quantitative estimate of drug-likeness (QED) is 0.804. The summed E-state index contributed by atoms with van der Waals surface area (Å²) >= 11 is 3.55. The zero-order valence-corrected chi connectivity index (χ0v) is 14.5. The average Bonchev–Trinajstić information content (AvgIpc) is 2.54. The van der Waals surface area contributed by atoms with Gasteiger partial charge in [0.15, 0.2) is 5.78 Å². The number of methoxy groups -OCH3 is 1. The van der Waals surface area contributed by atoms with E-state index in [1.54, 1.807) is 0 Å². The third-order valence-corrected chi connectivity index (χ3v) is 5.20. The van der Waals surface area contributed by atoms with Crippen LogP contribution < -0.4 is 5.32 Å². The van der Waals surface area contributed by atoms with Gasteiger partial charge in [0.05, 0.1) is 7.11 Å². The number of benzene rings is 1. The molecule has 1 heterocycles. The summed E-state index contributed by atoms with van der Waals surface area (Å²) < 4.78 is 5.85. The van der Waals surface area contributed by atoms with E-state index in [0.717, 1.165) is 28.6 Å². The maximum atomic E-state index is 12.6. The number of Topliss-reactive ketones (excluding diaryl/α,β-unsaturated/α-hetero) is 1. The largest absolute Gasteiger partial charge is 0.468 e. The molecule has 120 valence electrons. The smallest absolute Gasteiger partial charge is 0.315 e. The van der Waals surface area contributed by atoms with Gasteiger partial charge in [-0.3, -0.25) is 9.59 Å². The van der Waals surface area contributed by atoms with Gasteiger partial charge >= 0.3 is 5.97 Å². The van der Waals surface area contributed by atoms with Gasteiger partial charge in [0.1, 0.15) is 5.92 Å². The van der Waals surface area contributed by atoms with Gasteiger partial charge in [-0.1, -0.05) is 40.7 Å². The fourth-order valence-electron chi connectivity index (χ4n) is 3.46. The Morgan fingerprint density at radius 2 is 2.09 bits per heavy atom. The molecule has 0 saturated carbocycles. The molecule has 0 saturated heterocycles. The number of ketones is 1. The molecular weight excluding hydrogens is 358 g/mol. The minimum Gasteiger partial charge on any atom is -0.468 e. The van der Waals surface area contributed by atoms with Crippen molar-refractivity contribution in [2.24, 2.45) is 5.92 Å². The molecule has 0 bridgehead atoms. The van der Waals surface area contributed by atoms with E-state index in [1.807, 2.05) is 24.3 Å². The van der Waals surface area contributed by atoms with Crippen molar-refractivity contribution in [3.8, 4) is 0 Å². The summed E-state index contributed by atoms with van der Waals surface area (Å²) in [6, 6.07) is 7.68. The van der Waals surface area contributed by atoms with Crippen molar-refractivity contribution < 1.29 is 14.3 Å². The van der Waals surface area contributed by atoms with E-state index in [1.165, 1.54) is 7.11 Å². The van der Waals surface area contributed by atoms with E-state index >= 15 is 0 Å². The maximum absolute atomic E-state index is 12.6. The Hall–Kier alpha value is -1.88. The molecule has 1 N–H and O–H groups in total. The second kappa shape index (κ2) is 6.32. The highest BCUT2D eigenvalue weighted by molar-refractivity contribution is 9.10. The molecule has 2 atom stereocenters. The van der Waals surface area contributed by atoms with Crippen LogP contribution in [-0.2, 0) is 14.3 Å². The monoisotopic (exact) mass is 375 g/mol. The number of nitrogens with one attached hydrogen (secondary N) is 1. The number of allylic oxidation sites excluding steroid dienone is 2. The highest BCUT2D eigenvalue weighted by Crippen LogP contribution is 2.46. The Balaban J connectivity index is 2.21. The van der Waals surface area contributed by atoms with Crippen molar-refractivity contribution in [1.82, 2.24) is 5.32 Å². The van der Waals surface area contributed by atoms with Crippen molar-refractivity contribution in [3.63, 3.8) is 0 Å². The Bertz CT molecular complexity index is 723. The number of rotatable bonds is 2. The summed E-state index contributed by atoms with van der Waals surface area (Å²) in [5, 5.41) is 3.18. The summed E-state index contributed by atoms with van der Waals surface area (Å²) in [6.45, 7) is 4.01. The van der Waals surface area contributed by atoms with Crippen LogP contribution in [0.25, 0.3) is 0 Å². The zero-order chi connectivity index (χ0) is 16.6. The lowest BCUT2D eigenvalue weighted by Gasteiger charge is -2.38. The van der Waals surface area contributed by atoms with Crippen LogP contribution in [0, 0.1) is 5.92 Å². The Kier molecular flexibility index (Phi) is 4.39. The van der Waals surface area contributed by atoms with E-state index in [2.05, 4.69) is 27.8 Å². The number of hydrogen-bond acceptors (Lipinski definition) is 4. The van der Waals surface area contributed by atoms with E-state index in [4.69, 9.17) is 4.74 Å². The molecule has 4 nitrogen and oxygen atoms in total. The minimum atomic E-state index is -0.612. The second-order valence-corrected chi connectivity index (χ2v) is 6.67. The Morgan fingerprint density at radius 1 is 1.35 bits per heavy atom. The molecule has 0 aromatic heterocycles. The molecule has 23 heavy (non-hydrogen) atoms. The normalized spacial score (nSPS) is 24.1. The number of halogens is 1. The Morgan fingerprint density at radius 3 is 2.78 bits per heavy atom. The van der Waals surface area contributed by atoms with Gasteiger partial charge in [0.2, 0.25) is 0 Å². The Labute approximate surface area is 143 Å². The molecule has 1 aliphatic carbocycles. The standard InChI is InChI=1S/C18H18BrNO3/c1-10-15(18(22)23-2)16(11-6-3-4-7-12(11)19)17-13(20-10)8-5-9-14(17)21/h3-4,6-7,15-16,20H,1,5,8-9H2,2H3. The van der Waals surface area contributed by atoms with E-state index < -0.39 is 5.92 Å². The second-order valence-electron chi connectivity index (χ2n) is 5.82. The number of carbonyl (C=O) groups is 2. The number of carbonyl (C=O) groups excluding carboxylic acids is 2. The topological polar surface area (TPSA) is 55.4 Å². The molecule has 1 aromatic rings. The first-order chi connectivity index (χ1) is 11.0. The van der Waals surface area contributed by atoms with Crippen LogP contribution in [0.1, 0.15) is 30.7 Å². The molecule has 1 aromatic carbocycles. The number of hydrogen-bond donors (Lipinski definition) is 1. The predicted octanol–water partition coefficient (Wildman–Crippen LogP) is 3.45. The van der Waals surface area contributed by atoms with Crippen molar-refractivity contribution >= 4 is 27.7 Å². The van der Waals surface area contributed by atoms with Crippen molar-refractivity contribution in [2.75, 3.05) is 7.11 Å². The van der Waals surface area contributed by atoms with Gasteiger partial charge in [-0.2, -0.15) is 0 Å². The van der Waals surface area contributed by atoms with Gasteiger partial charge in [-0.15, -0.1) is 0 Å². The summed E-state index contributed by atoms with van der Waals surface area (Å²) in [6.07, 6.45) is 2.14. The fourth-order valence-corrected chi connectivity index (χ4v) is 3.99. The lowest BCUT2D eigenvalue weighted by Crippen LogP contribution is -2.41. The van der Waals surface area contributed by atoms with Crippen LogP contribution in [0.3, 0.4) is 0 Å². The molecule has 0 radical (unpaired) electrons. The van der Waals surface area contributed by atoms with Crippen molar-refractivity contribution in [1.29, 1.82) is 0 Å². The molecule has 5 heteroatoms. The summed E-state index contributed by atoms with van der Waals surface area (Å²) in [5.74, 6) is -1.26. The van der Waals surface area contributed by atoms with E-state index in [9.17, 15) is 9.59 Å². The lowest BCUT2D eigenvalue weighted by atomic mass is 9.71. The molecule has 2 aliphatic rings. The minimum absolute atomic E-state index is 0.0981. The van der Waals surface area contributed by atoms with Crippen LogP contribution in [0.15, 0.2) is 52.3 Å². The molecule has 3 rings (SSSR count). The van der Waals surface area contributed by atoms with Crippen LogP contribution >= 0.6 is 15.9 Å². The van der Waals surface area contributed by atoms with Crippen LogP contribution in [-0.4, -0.2) is 18.9 Å². The van der Waals surface area contributed by atoms with Crippen LogP contribution in [0.5, 0.6) is 0 Å². The fraction of sp³-hybridized carbons (Fsp3) is 0.333. The SMILES string of the molecule is C=C1NC2=C(C(=O)CCC2)C(c2ccccc2Br)C1C(=O)OC. The molecular formula is C18H18BrNO3. The molecule has 2 unspecified atom stereocenters. The van der Waals surface area contributed by atoms with Crippen LogP contribution in [0.2, 0.25) is 0 Å². The van der Waals surface area contributed by atoms with Gasteiger partial charge in [0.25, 0.3) is 0 Å². The summed E-state index contributed by atoms with van der Waals surface area (Å²) in [4.78, 5) is 25.0. The molecule has 0 fully saturated rings. The highest BCUT2D eigenvalue weighted by atomic mass is 79.9. The summed E-state index contributed by atoms with van der Waals surface area (Å²) in [7, 11) is 1.36. The number of esters is 1. The molecule has 0 amide bonds. The van der Waals surface area contributed by atoms with E-state index in [-0.39, 0.29) is 17.7 Å². The predicted molar refractivity (Wildman–Crippen MR) is 90.5 cm³/mol. The average molecular weight is 376 g/mol. The van der Waals surface area contributed by atoms with Gasteiger partial charge < -0.3 is 10.1 Å². The molecule has 1 aliphatic heterocycles.